The molecular weight excluding hydrogens is 700 g/mol. The molecule has 1 aromatic carbocycles. The quantitative estimate of drug-likeness (QED) is 0.199. The predicted molar refractivity (Wildman–Crippen MR) is 183 cm³/mol. The van der Waals surface area contributed by atoms with E-state index in [2.05, 4.69) is 71.7 Å². The van der Waals surface area contributed by atoms with E-state index in [-0.39, 0.29) is 40.1 Å². The van der Waals surface area contributed by atoms with E-state index < -0.39 is 24.1 Å². The maximum absolute atomic E-state index is 13.2. The fourth-order valence-electron chi connectivity index (χ4n) is 10.9. The second kappa shape index (κ2) is 12.5. The van der Waals surface area contributed by atoms with Gasteiger partial charge in [0.25, 0.3) is 0 Å². The summed E-state index contributed by atoms with van der Waals surface area (Å²) in [6.07, 6.45) is 3.72. The molecule has 5 rings (SSSR count). The highest BCUT2D eigenvalue weighted by Crippen LogP contribution is 2.74. The number of esters is 1. The van der Waals surface area contributed by atoms with E-state index in [0.717, 1.165) is 51.3 Å². The Hall–Kier alpha value is -1.48. The van der Waals surface area contributed by atoms with Crippen LogP contribution in [0.5, 0.6) is 0 Å². The molecule has 4 saturated carbocycles. The highest BCUT2D eigenvalue weighted by molar-refractivity contribution is 9.11. The Balaban J connectivity index is 1.58. The normalized spacial score (nSPS) is 40.1. The lowest BCUT2D eigenvalue weighted by atomic mass is 9.36. The summed E-state index contributed by atoms with van der Waals surface area (Å²) in [5.74, 6) is -1.11. The van der Waals surface area contributed by atoms with E-state index in [9.17, 15) is 24.9 Å². The summed E-state index contributed by atoms with van der Waals surface area (Å²) >= 11 is 7.18. The monoisotopic (exact) mass is 748 g/mol. The molecule has 10 atom stereocenters. The van der Waals surface area contributed by atoms with Crippen LogP contribution in [-0.4, -0.2) is 45.6 Å². The topological polar surface area (TPSA) is 104 Å². The van der Waals surface area contributed by atoms with Crippen LogP contribution in [0, 0.1) is 39.9 Å². The number of hydrogen-bond acceptors (Lipinski definition) is 5. The van der Waals surface area contributed by atoms with Gasteiger partial charge in [-0.1, -0.05) is 65.1 Å². The molecule has 248 valence electrons. The van der Waals surface area contributed by atoms with Gasteiger partial charge in [0.05, 0.1) is 12.2 Å². The van der Waals surface area contributed by atoms with Crippen LogP contribution in [0.1, 0.15) is 105 Å². The summed E-state index contributed by atoms with van der Waals surface area (Å²) in [6, 6.07) is 6.08. The zero-order valence-corrected chi connectivity index (χ0v) is 30.9. The third kappa shape index (κ3) is 5.82. The zero-order valence-electron chi connectivity index (χ0n) is 27.8. The number of aliphatic carboxylic acids is 1. The number of fused-ring (bicyclic) bond motifs is 5. The molecule has 1 aromatic rings. The molecule has 4 aliphatic rings. The summed E-state index contributed by atoms with van der Waals surface area (Å²) in [6.45, 7) is 14.6. The maximum atomic E-state index is 13.2. The molecule has 0 spiro atoms. The van der Waals surface area contributed by atoms with E-state index in [0.29, 0.717) is 42.7 Å². The lowest BCUT2D eigenvalue weighted by Gasteiger charge is -2.69. The number of halogens is 2. The van der Waals surface area contributed by atoms with E-state index >= 15 is 0 Å². The van der Waals surface area contributed by atoms with Crippen molar-refractivity contribution in [3.8, 4) is 0 Å². The predicted octanol–water partition coefficient (Wildman–Crippen LogP) is 8.72. The number of carboxylic acid groups (broad SMARTS) is 1. The number of aliphatic hydroxyl groups is 2. The van der Waals surface area contributed by atoms with Gasteiger partial charge in [0.2, 0.25) is 0 Å². The van der Waals surface area contributed by atoms with E-state index in [1.165, 1.54) is 6.92 Å². The van der Waals surface area contributed by atoms with E-state index in [1.807, 2.05) is 19.9 Å². The molecule has 0 saturated heterocycles. The third-order valence-electron chi connectivity index (χ3n) is 13.1. The van der Waals surface area contributed by atoms with E-state index in [1.54, 1.807) is 0 Å². The summed E-state index contributed by atoms with van der Waals surface area (Å²) in [7, 11) is 0. The molecule has 1 unspecified atom stereocenters. The van der Waals surface area contributed by atoms with Crippen LogP contribution in [0.4, 0.5) is 0 Å². The summed E-state index contributed by atoms with van der Waals surface area (Å²) < 4.78 is 7.88. The Morgan fingerprint density at radius 1 is 0.933 bits per heavy atom. The second-order valence-electron chi connectivity index (χ2n) is 15.5. The Bertz CT molecular complexity index is 1410. The first-order valence-electron chi connectivity index (χ1n) is 16.6. The highest BCUT2D eigenvalue weighted by Gasteiger charge is 2.70. The number of aliphatic hydroxyl groups excluding tert-OH is 2. The Labute approximate surface area is 285 Å². The van der Waals surface area contributed by atoms with Crippen molar-refractivity contribution in [3.63, 3.8) is 0 Å². The van der Waals surface area contributed by atoms with Crippen LogP contribution in [-0.2, 0) is 14.3 Å². The van der Waals surface area contributed by atoms with Crippen molar-refractivity contribution in [2.45, 2.75) is 118 Å². The number of benzene rings is 1. The summed E-state index contributed by atoms with van der Waals surface area (Å²) in [4.78, 5) is 25.7. The van der Waals surface area contributed by atoms with Gasteiger partial charge in [-0.05, 0) is 140 Å². The molecule has 0 bridgehead atoms. The number of hydrogen-bond donors (Lipinski definition) is 3. The van der Waals surface area contributed by atoms with Gasteiger partial charge >= 0.3 is 11.9 Å². The molecule has 0 aliphatic heterocycles. The smallest absolute Gasteiger partial charge is 0.331 e. The third-order valence-corrected chi connectivity index (χ3v) is 14.0. The molecule has 4 aliphatic carbocycles. The Morgan fingerprint density at radius 3 is 2.16 bits per heavy atom. The Kier molecular flexibility index (Phi) is 9.69. The molecule has 8 heteroatoms. The summed E-state index contributed by atoms with van der Waals surface area (Å²) in [5.41, 5.74) is 3.44. The van der Waals surface area contributed by atoms with Gasteiger partial charge in [0.1, 0.15) is 6.10 Å². The molecule has 6 nitrogen and oxygen atoms in total. The van der Waals surface area contributed by atoms with Crippen LogP contribution in [0.3, 0.4) is 0 Å². The lowest BCUT2D eigenvalue weighted by Crippen LogP contribution is -2.65. The minimum Gasteiger partial charge on any atom is -0.478 e. The fraction of sp³-hybridized carbons (Fsp3) is 0.676. The average molecular weight is 751 g/mol. The van der Waals surface area contributed by atoms with Crippen LogP contribution >= 0.6 is 31.9 Å². The molecule has 3 N–H and O–H groups in total. The Morgan fingerprint density at radius 2 is 1.58 bits per heavy atom. The van der Waals surface area contributed by atoms with Crippen LogP contribution in [0.25, 0.3) is 5.57 Å². The first kappa shape index (κ1) is 34.8. The zero-order chi connectivity index (χ0) is 33.2. The number of allylic oxidation sites excluding steroid dienone is 2. The minimum absolute atomic E-state index is 0.0119. The number of rotatable bonds is 6. The van der Waals surface area contributed by atoms with Crippen molar-refractivity contribution in [2.75, 3.05) is 0 Å². The number of carbonyl (C=O) groups excluding carboxylic acids is 1. The largest absolute Gasteiger partial charge is 0.478 e. The maximum Gasteiger partial charge on any atom is 0.331 e. The molecular formula is C37H50Br2O6. The van der Waals surface area contributed by atoms with Gasteiger partial charge in [-0.25, -0.2) is 4.79 Å². The van der Waals surface area contributed by atoms with Crippen LogP contribution < -0.4 is 0 Å². The van der Waals surface area contributed by atoms with Gasteiger partial charge < -0.3 is 20.1 Å². The van der Waals surface area contributed by atoms with Crippen molar-refractivity contribution in [1.82, 2.24) is 0 Å². The SMILES string of the molecule is CC(=O)O[C@H]1C[C@@]2(C)[C@H](C[C@@H](O)[C@@H]3[C@@]4(C)CC[C@@H](O)[C@@H](C)C4CC[C@@]32C)C1=C(CCC(=C(C)C)c1cc(Br)cc(Br)c1)C(=O)O. The summed E-state index contributed by atoms with van der Waals surface area (Å²) in [5, 5.41) is 33.7. The number of carbonyl (C=O) groups is 2. The van der Waals surface area contributed by atoms with Crippen molar-refractivity contribution in [1.29, 1.82) is 0 Å². The fourth-order valence-corrected chi connectivity index (χ4v) is 12.2. The standard InChI is InChI=1S/C37H50Br2O6/c1-19(2)25(22-14-23(38)16-24(39)15-22)8-9-26(34(43)44)32-28-17-30(42)33-35(5)12-11-29(41)20(3)27(35)10-13-36(33,6)37(28,7)18-31(32)45-21(4)40/h14-16,20,27-31,33,41-42H,8-13,17-18H2,1-7H3,(H,43,44)/t20-,27?,28+,29+,30+,31-,33+,35-,36-,37-/m0/s1. The first-order chi connectivity index (χ1) is 20.9. The van der Waals surface area contributed by atoms with Gasteiger partial charge in [0, 0.05) is 21.4 Å². The highest BCUT2D eigenvalue weighted by atomic mass is 79.9. The molecule has 0 radical (unpaired) electrons. The van der Waals surface area contributed by atoms with Crippen molar-refractivity contribution < 1.29 is 29.6 Å². The molecule has 4 fully saturated rings. The molecule has 0 amide bonds. The van der Waals surface area contributed by atoms with Crippen molar-refractivity contribution >= 4 is 49.4 Å². The van der Waals surface area contributed by atoms with Gasteiger partial charge in [-0.2, -0.15) is 0 Å². The molecule has 45 heavy (non-hydrogen) atoms. The lowest BCUT2D eigenvalue weighted by molar-refractivity contribution is -0.234. The second-order valence-corrected chi connectivity index (χ2v) is 17.3. The average Bonchev–Trinajstić information content (AvgIpc) is 3.19. The van der Waals surface area contributed by atoms with Crippen LogP contribution in [0.15, 0.2) is 43.9 Å². The number of ether oxygens (including phenoxy) is 1. The van der Waals surface area contributed by atoms with Gasteiger partial charge in [0.15, 0.2) is 0 Å². The number of carboxylic acids is 1. The van der Waals surface area contributed by atoms with Crippen molar-refractivity contribution in [3.05, 3.63) is 49.4 Å². The van der Waals surface area contributed by atoms with E-state index in [4.69, 9.17) is 4.74 Å². The van der Waals surface area contributed by atoms with Gasteiger partial charge in [-0.15, -0.1) is 0 Å². The van der Waals surface area contributed by atoms with Crippen LogP contribution in [0.2, 0.25) is 0 Å². The van der Waals surface area contributed by atoms with Crippen molar-refractivity contribution in [2.24, 2.45) is 39.9 Å². The first-order valence-corrected chi connectivity index (χ1v) is 18.2. The minimum atomic E-state index is -0.984. The molecule has 0 aromatic heterocycles. The molecule has 0 heterocycles. The van der Waals surface area contributed by atoms with Gasteiger partial charge in [-0.3, -0.25) is 4.79 Å².